The lowest BCUT2D eigenvalue weighted by molar-refractivity contribution is 0.0780. The number of para-hydroxylation sites is 1. The Morgan fingerprint density at radius 3 is 2.54 bits per heavy atom. The van der Waals surface area contributed by atoms with Gasteiger partial charge in [-0.15, -0.1) is 0 Å². The summed E-state index contributed by atoms with van der Waals surface area (Å²) >= 11 is 0. The first-order valence-electron chi connectivity index (χ1n) is 8.24. The number of ether oxygens (including phenoxy) is 1. The van der Waals surface area contributed by atoms with Crippen LogP contribution in [0.4, 0.5) is 4.39 Å². The van der Waals surface area contributed by atoms with Crippen LogP contribution in [-0.2, 0) is 13.2 Å². The van der Waals surface area contributed by atoms with Crippen LogP contribution in [0.2, 0.25) is 0 Å². The minimum Gasteiger partial charge on any atom is -0.488 e. The number of aromatic nitrogens is 1. The van der Waals surface area contributed by atoms with Crippen molar-refractivity contribution in [3.8, 4) is 5.75 Å². The van der Waals surface area contributed by atoms with Gasteiger partial charge in [-0.25, -0.2) is 4.39 Å². The average molecular weight is 350 g/mol. The van der Waals surface area contributed by atoms with Crippen LogP contribution in [0.3, 0.4) is 0 Å². The molecule has 0 aliphatic carbocycles. The zero-order valence-corrected chi connectivity index (χ0v) is 14.4. The molecular formula is C21H19FN2O2. The highest BCUT2D eigenvalue weighted by atomic mass is 19.1. The Kier molecular flexibility index (Phi) is 5.59. The molecule has 4 nitrogen and oxygen atoms in total. The molecule has 132 valence electrons. The molecule has 1 heterocycles. The summed E-state index contributed by atoms with van der Waals surface area (Å²) in [5.74, 6) is 0.0739. The topological polar surface area (TPSA) is 42.4 Å². The summed E-state index contributed by atoms with van der Waals surface area (Å²) in [6.45, 7) is 0.718. The van der Waals surface area contributed by atoms with Crippen LogP contribution < -0.4 is 4.74 Å². The number of halogens is 1. The molecule has 5 heteroatoms. The van der Waals surface area contributed by atoms with Crippen molar-refractivity contribution < 1.29 is 13.9 Å². The molecule has 0 bridgehead atoms. The number of hydrogen-bond donors (Lipinski definition) is 0. The first-order chi connectivity index (χ1) is 12.6. The third-order valence-corrected chi connectivity index (χ3v) is 3.91. The molecule has 0 saturated heterocycles. The fourth-order valence-corrected chi connectivity index (χ4v) is 2.55. The predicted octanol–water partition coefficient (Wildman–Crippen LogP) is 4.07. The third-order valence-electron chi connectivity index (χ3n) is 3.91. The maximum Gasteiger partial charge on any atom is 0.257 e. The predicted molar refractivity (Wildman–Crippen MR) is 97.2 cm³/mol. The van der Waals surface area contributed by atoms with Crippen LogP contribution in [0.15, 0.2) is 73.1 Å². The van der Waals surface area contributed by atoms with E-state index in [-0.39, 0.29) is 18.3 Å². The van der Waals surface area contributed by atoms with Gasteiger partial charge in [-0.3, -0.25) is 9.78 Å². The van der Waals surface area contributed by atoms with Crippen molar-refractivity contribution in [1.29, 1.82) is 0 Å². The fraction of sp³-hybridized carbons (Fsp3) is 0.143. The highest BCUT2D eigenvalue weighted by molar-refractivity contribution is 5.96. The maximum absolute atomic E-state index is 13.0. The van der Waals surface area contributed by atoms with Gasteiger partial charge in [-0.1, -0.05) is 30.3 Å². The van der Waals surface area contributed by atoms with E-state index < -0.39 is 0 Å². The van der Waals surface area contributed by atoms with E-state index in [1.165, 1.54) is 12.1 Å². The van der Waals surface area contributed by atoms with E-state index in [1.54, 1.807) is 54.7 Å². The Labute approximate surface area is 151 Å². The summed E-state index contributed by atoms with van der Waals surface area (Å²) in [6, 6.07) is 17.0. The smallest absolute Gasteiger partial charge is 0.257 e. The number of pyridine rings is 1. The van der Waals surface area contributed by atoms with Crippen LogP contribution in [0.5, 0.6) is 5.75 Å². The van der Waals surface area contributed by atoms with E-state index in [1.807, 2.05) is 18.2 Å². The Morgan fingerprint density at radius 2 is 1.81 bits per heavy atom. The molecule has 3 aromatic rings. The molecule has 2 aromatic carbocycles. The number of amides is 1. The molecule has 0 radical (unpaired) electrons. The van der Waals surface area contributed by atoms with Crippen molar-refractivity contribution in [2.24, 2.45) is 0 Å². The second kappa shape index (κ2) is 8.25. The lowest BCUT2D eigenvalue weighted by atomic mass is 10.1. The average Bonchev–Trinajstić information content (AvgIpc) is 2.68. The zero-order valence-electron chi connectivity index (χ0n) is 14.4. The molecule has 0 aliphatic rings. The molecule has 26 heavy (non-hydrogen) atoms. The van der Waals surface area contributed by atoms with Gasteiger partial charge in [0.2, 0.25) is 0 Å². The summed E-state index contributed by atoms with van der Waals surface area (Å²) in [5.41, 5.74) is 2.27. The molecule has 0 unspecified atom stereocenters. The first kappa shape index (κ1) is 17.6. The normalized spacial score (nSPS) is 10.4. The van der Waals surface area contributed by atoms with Gasteiger partial charge in [0.05, 0.1) is 5.56 Å². The molecule has 0 fully saturated rings. The van der Waals surface area contributed by atoms with E-state index in [0.717, 1.165) is 11.1 Å². The van der Waals surface area contributed by atoms with Gasteiger partial charge in [-0.05, 0) is 41.5 Å². The van der Waals surface area contributed by atoms with Crippen molar-refractivity contribution in [2.45, 2.75) is 13.2 Å². The number of rotatable bonds is 6. The van der Waals surface area contributed by atoms with Gasteiger partial charge in [0.15, 0.2) is 0 Å². The van der Waals surface area contributed by atoms with E-state index in [2.05, 4.69) is 4.98 Å². The summed E-state index contributed by atoms with van der Waals surface area (Å²) in [5, 5.41) is 0. The SMILES string of the molecule is CN(Cc1cccnc1)C(=O)c1ccccc1OCc1ccc(F)cc1. The maximum atomic E-state index is 13.0. The summed E-state index contributed by atoms with van der Waals surface area (Å²) < 4.78 is 18.8. The van der Waals surface area contributed by atoms with E-state index in [9.17, 15) is 9.18 Å². The quantitative estimate of drug-likeness (QED) is 0.673. The molecule has 1 amide bonds. The van der Waals surface area contributed by atoms with Crippen LogP contribution >= 0.6 is 0 Å². The standard InChI is InChI=1S/C21H19FN2O2/c1-24(14-17-5-4-12-23-13-17)21(25)19-6-2-3-7-20(19)26-15-16-8-10-18(22)11-9-16/h2-13H,14-15H2,1H3. The summed E-state index contributed by atoms with van der Waals surface area (Å²) in [4.78, 5) is 18.5. The number of benzene rings is 2. The fourth-order valence-electron chi connectivity index (χ4n) is 2.55. The van der Waals surface area contributed by atoms with Gasteiger partial charge >= 0.3 is 0 Å². The second-order valence-electron chi connectivity index (χ2n) is 5.93. The van der Waals surface area contributed by atoms with E-state index >= 15 is 0 Å². The lowest BCUT2D eigenvalue weighted by Gasteiger charge is -2.19. The molecule has 0 aliphatic heterocycles. The van der Waals surface area contributed by atoms with Crippen LogP contribution in [-0.4, -0.2) is 22.8 Å². The second-order valence-corrected chi connectivity index (χ2v) is 5.93. The zero-order chi connectivity index (χ0) is 18.4. The van der Waals surface area contributed by atoms with E-state index in [4.69, 9.17) is 4.74 Å². The van der Waals surface area contributed by atoms with Crippen molar-refractivity contribution >= 4 is 5.91 Å². The van der Waals surface area contributed by atoms with E-state index in [0.29, 0.717) is 17.9 Å². The highest BCUT2D eigenvalue weighted by Crippen LogP contribution is 2.21. The summed E-state index contributed by atoms with van der Waals surface area (Å²) in [6.07, 6.45) is 3.44. The third kappa shape index (κ3) is 4.45. The monoisotopic (exact) mass is 350 g/mol. The van der Waals surface area contributed by atoms with Gasteiger partial charge < -0.3 is 9.64 Å². The largest absolute Gasteiger partial charge is 0.488 e. The van der Waals surface area contributed by atoms with Crippen molar-refractivity contribution in [1.82, 2.24) is 9.88 Å². The molecule has 0 saturated carbocycles. The molecule has 3 rings (SSSR count). The van der Waals surface area contributed by atoms with Crippen molar-refractivity contribution in [2.75, 3.05) is 7.05 Å². The number of carbonyl (C=O) groups excluding carboxylic acids is 1. The highest BCUT2D eigenvalue weighted by Gasteiger charge is 2.17. The number of carbonyl (C=O) groups is 1. The van der Waals surface area contributed by atoms with Gasteiger partial charge in [0, 0.05) is 26.0 Å². The minimum absolute atomic E-state index is 0.136. The van der Waals surface area contributed by atoms with Gasteiger partial charge in [0.1, 0.15) is 18.2 Å². The lowest BCUT2D eigenvalue weighted by Crippen LogP contribution is -2.26. The van der Waals surface area contributed by atoms with Gasteiger partial charge in [0.25, 0.3) is 5.91 Å². The van der Waals surface area contributed by atoms with Crippen LogP contribution in [0.25, 0.3) is 0 Å². The Morgan fingerprint density at radius 1 is 1.04 bits per heavy atom. The Balaban J connectivity index is 1.71. The Bertz CT molecular complexity index is 867. The molecule has 0 atom stereocenters. The molecule has 0 spiro atoms. The first-order valence-corrected chi connectivity index (χ1v) is 8.24. The van der Waals surface area contributed by atoms with Gasteiger partial charge in [-0.2, -0.15) is 0 Å². The van der Waals surface area contributed by atoms with Crippen molar-refractivity contribution in [3.63, 3.8) is 0 Å². The van der Waals surface area contributed by atoms with Crippen molar-refractivity contribution in [3.05, 3.63) is 95.6 Å². The van der Waals surface area contributed by atoms with Crippen LogP contribution in [0, 0.1) is 5.82 Å². The molecular weight excluding hydrogens is 331 g/mol. The van der Waals surface area contributed by atoms with Crippen LogP contribution in [0.1, 0.15) is 21.5 Å². The molecule has 1 aromatic heterocycles. The molecule has 0 N–H and O–H groups in total. The number of nitrogens with zero attached hydrogens (tertiary/aromatic N) is 2. The Hall–Kier alpha value is -3.21. The number of hydrogen-bond acceptors (Lipinski definition) is 3. The minimum atomic E-state index is -0.290. The summed E-state index contributed by atoms with van der Waals surface area (Å²) in [7, 11) is 1.74.